The summed E-state index contributed by atoms with van der Waals surface area (Å²) in [6.07, 6.45) is 1.46. The summed E-state index contributed by atoms with van der Waals surface area (Å²) in [5.41, 5.74) is 6.86. The molecule has 0 atom stereocenters. The Morgan fingerprint density at radius 3 is 2.34 bits per heavy atom. The molecule has 2 heterocycles. The maximum atomic E-state index is 12.5. The molecule has 0 unspecified atom stereocenters. The average molecular weight is 406 g/mol. The standard InChI is InChI=1S/C22H18N2O4S/c1-14-17-9-5-6-10-18(17)28-19(14)21(25)23-24-22(26)20-15(11-12-27-20)13-29-16-7-3-2-4-8-16/h2-12H,13H2,1H3,(H,23,25)(H,24,26). The van der Waals surface area contributed by atoms with Crippen LogP contribution in [0.15, 0.2) is 80.7 Å². The number of carbonyl (C=O) groups excluding carboxylic acids is 2. The van der Waals surface area contributed by atoms with Crippen LogP contribution in [-0.4, -0.2) is 11.8 Å². The minimum Gasteiger partial charge on any atom is -0.459 e. The van der Waals surface area contributed by atoms with Crippen molar-refractivity contribution in [2.75, 3.05) is 0 Å². The molecule has 0 spiro atoms. The number of fused-ring (bicyclic) bond motifs is 1. The van der Waals surface area contributed by atoms with Gasteiger partial charge in [0.1, 0.15) is 5.58 Å². The zero-order valence-electron chi connectivity index (χ0n) is 15.6. The van der Waals surface area contributed by atoms with Gasteiger partial charge in [0.25, 0.3) is 0 Å². The Bertz CT molecular complexity index is 1160. The monoisotopic (exact) mass is 406 g/mol. The number of rotatable bonds is 5. The second-order valence-corrected chi connectivity index (χ2v) is 7.39. The Kier molecular flexibility index (Phi) is 5.39. The number of hydrazine groups is 1. The van der Waals surface area contributed by atoms with Gasteiger partial charge in [0.15, 0.2) is 11.5 Å². The predicted octanol–water partition coefficient (Wildman–Crippen LogP) is 4.70. The fourth-order valence-electron chi connectivity index (χ4n) is 2.94. The summed E-state index contributed by atoms with van der Waals surface area (Å²) < 4.78 is 10.9. The van der Waals surface area contributed by atoms with E-state index < -0.39 is 11.8 Å². The average Bonchev–Trinajstić information content (AvgIpc) is 3.36. The van der Waals surface area contributed by atoms with E-state index in [0.717, 1.165) is 15.8 Å². The Morgan fingerprint density at radius 1 is 0.897 bits per heavy atom. The van der Waals surface area contributed by atoms with Crippen LogP contribution in [-0.2, 0) is 5.75 Å². The maximum absolute atomic E-state index is 12.5. The molecule has 29 heavy (non-hydrogen) atoms. The van der Waals surface area contributed by atoms with Gasteiger partial charge in [-0.15, -0.1) is 11.8 Å². The number of amides is 2. The first-order valence-corrected chi connectivity index (χ1v) is 9.95. The van der Waals surface area contributed by atoms with Gasteiger partial charge in [0.2, 0.25) is 0 Å². The molecule has 6 nitrogen and oxygen atoms in total. The van der Waals surface area contributed by atoms with Gasteiger partial charge >= 0.3 is 11.8 Å². The quantitative estimate of drug-likeness (QED) is 0.371. The van der Waals surface area contributed by atoms with Crippen molar-refractivity contribution in [2.24, 2.45) is 0 Å². The second kappa shape index (κ2) is 8.28. The van der Waals surface area contributed by atoms with Crippen LogP contribution in [0.1, 0.15) is 32.2 Å². The van der Waals surface area contributed by atoms with Gasteiger partial charge in [-0.3, -0.25) is 20.4 Å². The van der Waals surface area contributed by atoms with Crippen molar-refractivity contribution in [1.29, 1.82) is 0 Å². The summed E-state index contributed by atoms with van der Waals surface area (Å²) >= 11 is 1.59. The van der Waals surface area contributed by atoms with E-state index in [9.17, 15) is 9.59 Å². The molecule has 2 aromatic heterocycles. The van der Waals surface area contributed by atoms with Crippen LogP contribution in [0.25, 0.3) is 11.0 Å². The summed E-state index contributed by atoms with van der Waals surface area (Å²) in [6.45, 7) is 1.80. The van der Waals surface area contributed by atoms with E-state index in [4.69, 9.17) is 8.83 Å². The molecule has 0 aliphatic rings. The first-order chi connectivity index (χ1) is 14.1. The van der Waals surface area contributed by atoms with Crippen LogP contribution < -0.4 is 10.9 Å². The van der Waals surface area contributed by atoms with Gasteiger partial charge in [-0.25, -0.2) is 0 Å². The molecular weight excluding hydrogens is 388 g/mol. The van der Waals surface area contributed by atoms with Crippen LogP contribution in [0.5, 0.6) is 0 Å². The number of hydrogen-bond acceptors (Lipinski definition) is 5. The lowest BCUT2D eigenvalue weighted by atomic mass is 10.1. The SMILES string of the molecule is Cc1c(C(=O)NNC(=O)c2occc2CSc2ccccc2)oc2ccccc12. The third-order valence-electron chi connectivity index (χ3n) is 4.43. The number of hydrogen-bond donors (Lipinski definition) is 2. The summed E-state index contributed by atoms with van der Waals surface area (Å²) in [4.78, 5) is 26.0. The molecule has 2 amide bonds. The molecule has 0 radical (unpaired) electrons. The number of nitrogens with one attached hydrogen (secondary N) is 2. The third-order valence-corrected chi connectivity index (χ3v) is 5.49. The van der Waals surface area contributed by atoms with Gasteiger partial charge in [-0.1, -0.05) is 36.4 Å². The van der Waals surface area contributed by atoms with Gasteiger partial charge in [0, 0.05) is 27.2 Å². The van der Waals surface area contributed by atoms with Crippen molar-refractivity contribution in [3.8, 4) is 0 Å². The second-order valence-electron chi connectivity index (χ2n) is 6.34. The highest BCUT2D eigenvalue weighted by molar-refractivity contribution is 7.98. The Labute approximate surface area is 171 Å². The van der Waals surface area contributed by atoms with Crippen LogP contribution in [0, 0.1) is 6.92 Å². The molecule has 0 aliphatic carbocycles. The normalized spacial score (nSPS) is 10.8. The largest absolute Gasteiger partial charge is 0.459 e. The van der Waals surface area contributed by atoms with E-state index in [2.05, 4.69) is 10.9 Å². The summed E-state index contributed by atoms with van der Waals surface area (Å²) in [6, 6.07) is 19.0. The molecule has 4 rings (SSSR count). The fourth-order valence-corrected chi connectivity index (χ4v) is 3.84. The van der Waals surface area contributed by atoms with E-state index in [-0.39, 0.29) is 11.5 Å². The van der Waals surface area contributed by atoms with Crippen molar-refractivity contribution >= 4 is 34.5 Å². The lowest BCUT2D eigenvalue weighted by molar-refractivity contribution is 0.0817. The first kappa shape index (κ1) is 18.9. The van der Waals surface area contributed by atoms with Gasteiger partial charge in [-0.2, -0.15) is 0 Å². The molecule has 2 aromatic carbocycles. The van der Waals surface area contributed by atoms with E-state index in [1.807, 2.05) is 48.5 Å². The lowest BCUT2D eigenvalue weighted by Crippen LogP contribution is -2.41. The van der Waals surface area contributed by atoms with Crippen molar-refractivity contribution < 1.29 is 18.4 Å². The van der Waals surface area contributed by atoms with E-state index in [0.29, 0.717) is 16.9 Å². The molecule has 0 aliphatic heterocycles. The topological polar surface area (TPSA) is 84.5 Å². The van der Waals surface area contributed by atoms with Crippen molar-refractivity contribution in [3.05, 3.63) is 89.6 Å². The number of carbonyl (C=O) groups is 2. The smallest absolute Gasteiger partial charge is 0.305 e. The summed E-state index contributed by atoms with van der Waals surface area (Å²) in [5.74, 6) is -0.166. The zero-order valence-corrected chi connectivity index (χ0v) is 16.4. The summed E-state index contributed by atoms with van der Waals surface area (Å²) in [5, 5.41) is 0.857. The fraction of sp³-hybridized carbons (Fsp3) is 0.0909. The Morgan fingerprint density at radius 2 is 1.59 bits per heavy atom. The summed E-state index contributed by atoms with van der Waals surface area (Å²) in [7, 11) is 0. The van der Waals surface area contributed by atoms with Gasteiger partial charge < -0.3 is 8.83 Å². The van der Waals surface area contributed by atoms with E-state index in [1.54, 1.807) is 30.8 Å². The van der Waals surface area contributed by atoms with Crippen molar-refractivity contribution in [3.63, 3.8) is 0 Å². The van der Waals surface area contributed by atoms with E-state index >= 15 is 0 Å². The molecule has 0 fully saturated rings. The van der Waals surface area contributed by atoms with Crippen LogP contribution in [0.3, 0.4) is 0 Å². The zero-order chi connectivity index (χ0) is 20.2. The molecule has 0 bridgehead atoms. The molecular formula is C22H18N2O4S. The van der Waals surface area contributed by atoms with E-state index in [1.165, 1.54) is 6.26 Å². The Hall–Kier alpha value is -3.45. The third kappa shape index (κ3) is 4.05. The molecule has 0 saturated heterocycles. The van der Waals surface area contributed by atoms with Crippen LogP contribution >= 0.6 is 11.8 Å². The minimum atomic E-state index is -0.529. The molecule has 7 heteroatoms. The molecule has 4 aromatic rings. The Balaban J connectivity index is 1.40. The van der Waals surface area contributed by atoms with Gasteiger partial charge in [0.05, 0.1) is 6.26 Å². The van der Waals surface area contributed by atoms with Gasteiger partial charge in [-0.05, 0) is 31.2 Å². The van der Waals surface area contributed by atoms with Crippen LogP contribution in [0.4, 0.5) is 0 Å². The predicted molar refractivity (Wildman–Crippen MR) is 111 cm³/mol. The number of furan rings is 2. The van der Waals surface area contributed by atoms with Crippen LogP contribution in [0.2, 0.25) is 0 Å². The number of para-hydroxylation sites is 1. The number of thioether (sulfide) groups is 1. The number of aryl methyl sites for hydroxylation is 1. The molecule has 2 N–H and O–H groups in total. The number of benzene rings is 2. The minimum absolute atomic E-state index is 0.158. The highest BCUT2D eigenvalue weighted by Crippen LogP contribution is 2.26. The maximum Gasteiger partial charge on any atom is 0.305 e. The highest BCUT2D eigenvalue weighted by atomic mass is 32.2. The highest BCUT2D eigenvalue weighted by Gasteiger charge is 2.20. The lowest BCUT2D eigenvalue weighted by Gasteiger charge is -2.06. The molecule has 0 saturated carbocycles. The van der Waals surface area contributed by atoms with Crippen molar-refractivity contribution in [2.45, 2.75) is 17.6 Å². The molecule has 146 valence electrons. The first-order valence-electron chi connectivity index (χ1n) is 8.96. The van der Waals surface area contributed by atoms with Crippen molar-refractivity contribution in [1.82, 2.24) is 10.9 Å².